The molecule has 0 aromatic carbocycles. The van der Waals surface area contributed by atoms with Crippen LogP contribution in [0.4, 0.5) is 0 Å². The van der Waals surface area contributed by atoms with Gasteiger partial charge in [0.1, 0.15) is 6.29 Å². The van der Waals surface area contributed by atoms with E-state index in [0.29, 0.717) is 11.3 Å². The topological polar surface area (TPSA) is 17.1 Å². The van der Waals surface area contributed by atoms with Crippen molar-refractivity contribution in [3.05, 3.63) is 21.4 Å². The molecule has 4 heteroatoms. The molecule has 1 saturated heterocycles. The van der Waals surface area contributed by atoms with Gasteiger partial charge < -0.3 is 0 Å². The monoisotopic (exact) mass is 220 g/mol. The van der Waals surface area contributed by atoms with Gasteiger partial charge in [0.25, 0.3) is 0 Å². The third kappa shape index (κ3) is 3.70. The van der Waals surface area contributed by atoms with Crippen LogP contribution in [0.3, 0.4) is 0 Å². The van der Waals surface area contributed by atoms with Gasteiger partial charge in [-0.05, 0) is 30.1 Å². The Hall–Kier alpha value is 0.140. The summed E-state index contributed by atoms with van der Waals surface area (Å²) in [5, 5.41) is 0.516. The third-order valence-corrected chi connectivity index (χ3v) is 3.99. The van der Waals surface area contributed by atoms with Crippen LogP contribution in [-0.2, 0) is 4.79 Å². The van der Waals surface area contributed by atoms with Crippen LogP contribution in [0.25, 0.3) is 0 Å². The van der Waals surface area contributed by atoms with Gasteiger partial charge in [-0.15, -0.1) is 23.5 Å². The fourth-order valence-corrected chi connectivity index (χ4v) is 3.46. The summed E-state index contributed by atoms with van der Waals surface area (Å²) in [6, 6.07) is 0. The second-order valence-electron chi connectivity index (χ2n) is 2.20. The molecule has 0 saturated carbocycles. The van der Waals surface area contributed by atoms with Crippen molar-refractivity contribution in [1.82, 2.24) is 0 Å². The molecule has 0 aromatic rings. The molecule has 1 aliphatic rings. The summed E-state index contributed by atoms with van der Waals surface area (Å²) >= 11 is 9.34. The predicted molar refractivity (Wildman–Crippen MR) is 57.6 cm³/mol. The summed E-state index contributed by atoms with van der Waals surface area (Å²) in [5.74, 6) is 2.31. The predicted octanol–water partition coefficient (Wildman–Crippen LogP) is 3.02. The van der Waals surface area contributed by atoms with Crippen molar-refractivity contribution in [1.29, 1.82) is 0 Å². The highest BCUT2D eigenvalue weighted by atomic mass is 35.5. The first kappa shape index (κ1) is 10.2. The van der Waals surface area contributed by atoms with Crippen molar-refractivity contribution < 1.29 is 4.79 Å². The highest BCUT2D eigenvalue weighted by molar-refractivity contribution is 8.22. The van der Waals surface area contributed by atoms with Gasteiger partial charge >= 0.3 is 0 Å². The summed E-state index contributed by atoms with van der Waals surface area (Å²) in [6.45, 7) is 0. The lowest BCUT2D eigenvalue weighted by Crippen LogP contribution is -1.91. The van der Waals surface area contributed by atoms with E-state index in [1.54, 1.807) is 23.5 Å². The van der Waals surface area contributed by atoms with Crippen molar-refractivity contribution in [2.75, 3.05) is 11.5 Å². The van der Waals surface area contributed by atoms with E-state index in [1.165, 1.54) is 16.7 Å². The molecule has 1 rings (SSSR count). The zero-order valence-corrected chi connectivity index (χ0v) is 8.85. The lowest BCUT2D eigenvalue weighted by molar-refractivity contribution is -0.104. The van der Waals surface area contributed by atoms with Gasteiger partial charge in [0.15, 0.2) is 0 Å². The Morgan fingerprint density at radius 2 is 2.08 bits per heavy atom. The standard InChI is InChI=1S/C8H9ClOS2/c9-7(2-3-10)6-8-11-4-1-5-12-8/h2-3,6H,1,4-5H2/b7-2-. The van der Waals surface area contributed by atoms with Gasteiger partial charge in [-0.1, -0.05) is 11.6 Å². The summed E-state index contributed by atoms with van der Waals surface area (Å²) in [6.07, 6.45) is 5.17. The number of hydrogen-bond acceptors (Lipinski definition) is 3. The van der Waals surface area contributed by atoms with E-state index in [4.69, 9.17) is 11.6 Å². The van der Waals surface area contributed by atoms with E-state index in [9.17, 15) is 4.79 Å². The largest absolute Gasteiger partial charge is 0.299 e. The van der Waals surface area contributed by atoms with Crippen molar-refractivity contribution >= 4 is 41.4 Å². The average Bonchev–Trinajstić information content (AvgIpc) is 2.06. The molecule has 0 atom stereocenters. The minimum atomic E-state index is 0.516. The average molecular weight is 221 g/mol. The lowest BCUT2D eigenvalue weighted by atomic mass is 10.5. The molecule has 1 nitrogen and oxygen atoms in total. The fourth-order valence-electron chi connectivity index (χ4n) is 0.755. The Kier molecular flexibility index (Phi) is 4.88. The minimum Gasteiger partial charge on any atom is -0.299 e. The molecule has 0 amide bonds. The third-order valence-electron chi connectivity index (χ3n) is 1.26. The Balaban J connectivity index is 2.53. The van der Waals surface area contributed by atoms with Gasteiger partial charge in [-0.2, -0.15) is 0 Å². The van der Waals surface area contributed by atoms with E-state index in [0.717, 1.165) is 11.5 Å². The molecule has 0 bridgehead atoms. The Morgan fingerprint density at radius 3 is 2.67 bits per heavy atom. The Bertz CT molecular complexity index is 215. The molecule has 1 heterocycles. The number of thioether (sulfide) groups is 2. The number of hydrogen-bond donors (Lipinski definition) is 0. The normalized spacial score (nSPS) is 19.1. The second-order valence-corrected chi connectivity index (χ2v) is 5.17. The van der Waals surface area contributed by atoms with Gasteiger partial charge in [-0.25, -0.2) is 0 Å². The van der Waals surface area contributed by atoms with E-state index in [2.05, 4.69) is 0 Å². The SMILES string of the molecule is O=C/C=C(\Cl)C=C1SCCCS1. The van der Waals surface area contributed by atoms with Gasteiger partial charge in [0, 0.05) is 9.27 Å². The van der Waals surface area contributed by atoms with Crippen molar-refractivity contribution in [3.63, 3.8) is 0 Å². The molecular weight excluding hydrogens is 212 g/mol. The minimum absolute atomic E-state index is 0.516. The fraction of sp³-hybridized carbons (Fsp3) is 0.375. The van der Waals surface area contributed by atoms with Crippen molar-refractivity contribution in [2.45, 2.75) is 6.42 Å². The maximum absolute atomic E-state index is 10.1. The maximum Gasteiger partial charge on any atom is 0.144 e. The van der Waals surface area contributed by atoms with Crippen LogP contribution in [0.5, 0.6) is 0 Å². The first-order valence-corrected chi connectivity index (χ1v) is 5.96. The summed E-state index contributed by atoms with van der Waals surface area (Å²) in [7, 11) is 0. The van der Waals surface area contributed by atoms with E-state index < -0.39 is 0 Å². The molecule has 66 valence electrons. The zero-order valence-electron chi connectivity index (χ0n) is 6.46. The molecule has 0 N–H and O–H groups in total. The van der Waals surface area contributed by atoms with Crippen LogP contribution in [0, 0.1) is 0 Å². The van der Waals surface area contributed by atoms with Crippen LogP contribution in [0.2, 0.25) is 0 Å². The lowest BCUT2D eigenvalue weighted by Gasteiger charge is -2.11. The number of aldehydes is 1. The van der Waals surface area contributed by atoms with Crippen LogP contribution in [0.15, 0.2) is 21.4 Å². The number of allylic oxidation sites excluding steroid dienone is 3. The van der Waals surface area contributed by atoms with Crippen molar-refractivity contribution in [2.24, 2.45) is 0 Å². The van der Waals surface area contributed by atoms with Crippen LogP contribution >= 0.6 is 35.1 Å². The second kappa shape index (κ2) is 5.73. The Morgan fingerprint density at radius 1 is 1.42 bits per heavy atom. The van der Waals surface area contributed by atoms with E-state index in [-0.39, 0.29) is 0 Å². The summed E-state index contributed by atoms with van der Waals surface area (Å²) < 4.78 is 1.21. The van der Waals surface area contributed by atoms with Crippen LogP contribution in [-0.4, -0.2) is 17.8 Å². The van der Waals surface area contributed by atoms with E-state index >= 15 is 0 Å². The Labute approximate surface area is 85.6 Å². The molecule has 0 spiro atoms. The molecule has 0 aromatic heterocycles. The molecule has 12 heavy (non-hydrogen) atoms. The molecular formula is C8H9ClOS2. The number of carbonyl (C=O) groups excluding carboxylic acids is 1. The molecule has 0 radical (unpaired) electrons. The smallest absolute Gasteiger partial charge is 0.144 e. The summed E-state index contributed by atoms with van der Waals surface area (Å²) in [5.41, 5.74) is 0. The van der Waals surface area contributed by atoms with Crippen molar-refractivity contribution in [3.8, 4) is 0 Å². The van der Waals surface area contributed by atoms with Crippen LogP contribution < -0.4 is 0 Å². The first-order valence-electron chi connectivity index (χ1n) is 3.61. The first-order chi connectivity index (χ1) is 5.83. The van der Waals surface area contributed by atoms with Gasteiger partial charge in [-0.3, -0.25) is 4.79 Å². The van der Waals surface area contributed by atoms with Crippen LogP contribution in [0.1, 0.15) is 6.42 Å². The number of halogens is 1. The number of carbonyl (C=O) groups is 1. The molecule has 1 fully saturated rings. The highest BCUT2D eigenvalue weighted by Gasteiger charge is 2.05. The zero-order chi connectivity index (χ0) is 8.81. The molecule has 0 aliphatic carbocycles. The molecule has 0 unspecified atom stereocenters. The maximum atomic E-state index is 10.1. The highest BCUT2D eigenvalue weighted by Crippen LogP contribution is 2.35. The van der Waals surface area contributed by atoms with Gasteiger partial charge in [0.2, 0.25) is 0 Å². The van der Waals surface area contributed by atoms with E-state index in [1.807, 2.05) is 6.08 Å². The summed E-state index contributed by atoms with van der Waals surface area (Å²) in [4.78, 5) is 10.1. The van der Waals surface area contributed by atoms with Gasteiger partial charge in [0.05, 0.1) is 0 Å². The molecule has 1 aliphatic heterocycles. The number of rotatable bonds is 2. The quantitative estimate of drug-likeness (QED) is 0.526.